The van der Waals surface area contributed by atoms with Crippen LogP contribution in [0.3, 0.4) is 0 Å². The average Bonchev–Trinajstić information content (AvgIpc) is 3.28. The lowest BCUT2D eigenvalue weighted by Crippen LogP contribution is -2.52. The first-order valence-corrected chi connectivity index (χ1v) is 15.6. The molecule has 3 rings (SSSR count). The molecule has 0 radical (unpaired) electrons. The number of nitrogen functional groups attached to an aromatic ring is 2. The number of rotatable bonds is 10. The highest BCUT2D eigenvalue weighted by atomic mass is 79.9. The van der Waals surface area contributed by atoms with Crippen LogP contribution in [0.25, 0.3) is 0 Å². The number of benzene rings is 1. The molecule has 1 aliphatic rings. The fourth-order valence-electron chi connectivity index (χ4n) is 3.60. The zero-order chi connectivity index (χ0) is 27.8. The van der Waals surface area contributed by atoms with E-state index in [0.29, 0.717) is 6.54 Å². The summed E-state index contributed by atoms with van der Waals surface area (Å²) in [5.74, 6) is 2.62. The molecule has 2 aromatic rings. The van der Waals surface area contributed by atoms with Gasteiger partial charge in [0.2, 0.25) is 0 Å². The highest BCUT2D eigenvalue weighted by Gasteiger charge is 2.15. The van der Waals surface area contributed by atoms with E-state index in [1.165, 1.54) is 43.4 Å². The summed E-state index contributed by atoms with van der Waals surface area (Å²) in [5.41, 5.74) is 24.3. The zero-order valence-electron chi connectivity index (χ0n) is 22.8. The molecule has 2 heterocycles. The highest BCUT2D eigenvalue weighted by molar-refractivity contribution is 9.08. The van der Waals surface area contributed by atoms with Crippen LogP contribution in [-0.4, -0.2) is 55.9 Å². The minimum absolute atomic E-state index is 0.705. The second kappa shape index (κ2) is 25.3. The van der Waals surface area contributed by atoms with Crippen molar-refractivity contribution in [2.24, 2.45) is 5.73 Å². The van der Waals surface area contributed by atoms with E-state index in [1.807, 2.05) is 34.9 Å². The van der Waals surface area contributed by atoms with Crippen molar-refractivity contribution >= 4 is 62.1 Å². The van der Waals surface area contributed by atoms with E-state index in [2.05, 4.69) is 72.6 Å². The van der Waals surface area contributed by atoms with Crippen LogP contribution < -0.4 is 37.7 Å². The number of nitrogens with zero attached hydrogens (tertiary/aromatic N) is 3. The molecule has 0 fully saturated rings. The van der Waals surface area contributed by atoms with Gasteiger partial charge in [-0.05, 0) is 43.4 Å². The molecule has 10 N–H and O–H groups in total. The van der Waals surface area contributed by atoms with Crippen LogP contribution in [0, 0.1) is 0 Å². The van der Waals surface area contributed by atoms with Gasteiger partial charge in [-0.3, -0.25) is 5.73 Å². The predicted molar refractivity (Wildman–Crippen MR) is 165 cm³/mol. The smallest absolute Gasteiger partial charge is 0.355 e. The van der Waals surface area contributed by atoms with E-state index in [4.69, 9.17) is 17.2 Å². The van der Waals surface area contributed by atoms with Gasteiger partial charge >= 0.3 is 5.95 Å². The Morgan fingerprint density at radius 2 is 1.75 bits per heavy atom. The van der Waals surface area contributed by atoms with Crippen molar-refractivity contribution < 1.29 is 10.3 Å². The second-order valence-electron chi connectivity index (χ2n) is 7.79. The molecule has 1 aromatic carbocycles. The molecule has 0 aliphatic carbocycles. The third-order valence-electron chi connectivity index (χ3n) is 5.36. The number of nitrogens with two attached hydrogens (primary N) is 3. The molecule has 1 aliphatic heterocycles. The maximum Gasteiger partial charge on any atom is 0.355 e. The predicted octanol–water partition coefficient (Wildman–Crippen LogP) is 3.75. The highest BCUT2D eigenvalue weighted by Crippen LogP contribution is 2.30. The summed E-state index contributed by atoms with van der Waals surface area (Å²) >= 11 is 12.2. The van der Waals surface area contributed by atoms with Crippen LogP contribution >= 0.6 is 39.1 Å². The number of aryl methyl sites for hydroxylation is 2. The van der Waals surface area contributed by atoms with E-state index in [9.17, 15) is 0 Å². The van der Waals surface area contributed by atoms with Gasteiger partial charge < -0.3 is 27.4 Å². The number of fused-ring (bicyclic) bond motifs is 1. The van der Waals surface area contributed by atoms with Gasteiger partial charge in [-0.1, -0.05) is 35.7 Å². The monoisotopic (exact) mass is 612 g/mol. The van der Waals surface area contributed by atoms with Crippen LogP contribution in [-0.2, 0) is 13.1 Å². The summed E-state index contributed by atoms with van der Waals surface area (Å²) in [6.07, 6.45) is 12.9. The molecule has 0 atom stereocenters. The number of hydrogen-bond donors (Lipinski definition) is 5. The topological polar surface area (TPSA) is 130 Å². The SMILES string of the molecule is CBr.CCCCCN1CCNc2cc(N)ccc21.CCl.CCl.NCCCn1cc[n+](CCC[NH3+])c1N. The third-order valence-corrected chi connectivity index (χ3v) is 5.36. The lowest BCUT2D eigenvalue weighted by atomic mass is 10.1. The van der Waals surface area contributed by atoms with Crippen molar-refractivity contribution in [1.29, 1.82) is 0 Å². The minimum atomic E-state index is 0.705. The third kappa shape index (κ3) is 14.4. The number of halogens is 3. The van der Waals surface area contributed by atoms with E-state index in [-0.39, 0.29) is 0 Å². The van der Waals surface area contributed by atoms with E-state index >= 15 is 0 Å². The molecule has 0 saturated carbocycles. The molecular formula is C25H51BrCl2N8+2. The Bertz CT molecular complexity index is 736. The van der Waals surface area contributed by atoms with Gasteiger partial charge in [-0.2, -0.15) is 0 Å². The molecule has 36 heavy (non-hydrogen) atoms. The standard InChI is InChI=1S/C13H21N3.C9H19N5.CH3Br.2CH3Cl/c1-2-3-4-8-16-9-7-15-12-10-11(14)5-6-13(12)16;10-3-1-5-13-7-8-14(9(13)12)6-2-4-11;3*1-2/h5-6,10,15H,2-4,7-9,14H2,1H3;7-8,12H,1-6,10-11H2;3*1H3/p+2. The van der Waals surface area contributed by atoms with Gasteiger partial charge in [0.25, 0.3) is 0 Å². The second-order valence-corrected chi connectivity index (χ2v) is 7.79. The number of nitrogens with one attached hydrogen (secondary N) is 1. The van der Waals surface area contributed by atoms with Crippen molar-refractivity contribution in [3.8, 4) is 0 Å². The zero-order valence-corrected chi connectivity index (χ0v) is 25.9. The van der Waals surface area contributed by atoms with E-state index < -0.39 is 0 Å². The minimum Gasteiger partial charge on any atom is -0.399 e. The average molecular weight is 615 g/mol. The molecule has 1 aromatic heterocycles. The Morgan fingerprint density at radius 1 is 1.06 bits per heavy atom. The lowest BCUT2D eigenvalue weighted by Gasteiger charge is -2.32. The summed E-state index contributed by atoms with van der Waals surface area (Å²) in [6.45, 7) is 9.02. The Balaban J connectivity index is 0. The molecule has 0 spiro atoms. The number of imidazole rings is 1. The molecular weight excluding hydrogens is 563 g/mol. The van der Waals surface area contributed by atoms with Crippen LogP contribution in [0.15, 0.2) is 30.6 Å². The number of alkyl halides is 3. The number of aromatic nitrogens is 2. The fraction of sp³-hybridized carbons (Fsp3) is 0.640. The maximum absolute atomic E-state index is 5.95. The van der Waals surface area contributed by atoms with E-state index in [1.54, 1.807) is 0 Å². The summed E-state index contributed by atoms with van der Waals surface area (Å²) < 4.78 is 4.09. The summed E-state index contributed by atoms with van der Waals surface area (Å²) in [4.78, 5) is 2.46. The van der Waals surface area contributed by atoms with Crippen molar-refractivity contribution in [3.63, 3.8) is 0 Å². The number of hydrogen-bond acceptors (Lipinski definition) is 5. The molecule has 0 bridgehead atoms. The number of unbranched alkanes of at least 4 members (excludes halogenated alkanes) is 2. The number of anilines is 4. The fourth-order valence-corrected chi connectivity index (χ4v) is 3.60. The molecule has 11 heteroatoms. The van der Waals surface area contributed by atoms with Crippen LogP contribution in [0.1, 0.15) is 39.0 Å². The molecule has 0 amide bonds. The summed E-state index contributed by atoms with van der Waals surface area (Å²) in [5, 5.41) is 3.40. The molecule has 0 saturated heterocycles. The van der Waals surface area contributed by atoms with E-state index in [0.717, 1.165) is 63.7 Å². The first kappa shape index (κ1) is 36.8. The van der Waals surface area contributed by atoms with Gasteiger partial charge in [0, 0.05) is 44.5 Å². The summed E-state index contributed by atoms with van der Waals surface area (Å²) in [7, 11) is 0. The molecule has 8 nitrogen and oxygen atoms in total. The van der Waals surface area contributed by atoms with Crippen molar-refractivity contribution in [3.05, 3.63) is 30.6 Å². The van der Waals surface area contributed by atoms with Crippen LogP contribution in [0.4, 0.5) is 23.0 Å². The van der Waals surface area contributed by atoms with Gasteiger partial charge in [-0.25, -0.2) is 9.13 Å². The maximum atomic E-state index is 5.95. The lowest BCUT2D eigenvalue weighted by molar-refractivity contribution is -0.684. The quantitative estimate of drug-likeness (QED) is 0.121. The van der Waals surface area contributed by atoms with Gasteiger partial charge in [-0.15, -0.1) is 23.2 Å². The Kier molecular flexibility index (Phi) is 25.8. The van der Waals surface area contributed by atoms with Crippen molar-refractivity contribution in [2.75, 3.05) is 73.0 Å². The van der Waals surface area contributed by atoms with Crippen molar-refractivity contribution in [1.82, 2.24) is 4.57 Å². The Labute approximate surface area is 237 Å². The summed E-state index contributed by atoms with van der Waals surface area (Å²) in [6, 6.07) is 6.14. The first-order chi connectivity index (χ1) is 17.6. The normalized spacial score (nSPS) is 11.1. The van der Waals surface area contributed by atoms with Crippen LogP contribution in [0.5, 0.6) is 0 Å². The molecule has 210 valence electrons. The van der Waals surface area contributed by atoms with Crippen LogP contribution in [0.2, 0.25) is 0 Å². The Hall–Kier alpha value is -1.39. The molecule has 0 unspecified atom stereocenters. The largest absolute Gasteiger partial charge is 0.399 e. The van der Waals surface area contributed by atoms with Gasteiger partial charge in [0.15, 0.2) is 0 Å². The number of quaternary nitrogens is 1. The van der Waals surface area contributed by atoms with Gasteiger partial charge in [0.1, 0.15) is 0 Å². The van der Waals surface area contributed by atoms with Gasteiger partial charge in [0.05, 0.1) is 43.4 Å². The van der Waals surface area contributed by atoms with Crippen molar-refractivity contribution in [2.45, 2.75) is 52.1 Å². The Morgan fingerprint density at radius 3 is 2.36 bits per heavy atom. The first-order valence-electron chi connectivity index (χ1n) is 12.5.